The van der Waals surface area contributed by atoms with Crippen molar-refractivity contribution in [1.29, 1.82) is 0 Å². The molecule has 2 N–H and O–H groups in total. The van der Waals surface area contributed by atoms with Crippen LogP contribution in [0, 0.1) is 0 Å². The molecule has 0 saturated heterocycles. The van der Waals surface area contributed by atoms with Gasteiger partial charge in [0.25, 0.3) is 0 Å². The van der Waals surface area contributed by atoms with Crippen LogP contribution in [-0.2, 0) is 16.6 Å². The van der Waals surface area contributed by atoms with Crippen LogP contribution in [0.3, 0.4) is 0 Å². The SMILES string of the molecule is CNc1ccc(S(=O)(=O)NCc2ccoc2)cc1. The van der Waals surface area contributed by atoms with E-state index in [0.29, 0.717) is 0 Å². The maximum Gasteiger partial charge on any atom is 0.240 e. The minimum atomic E-state index is -3.48. The molecule has 0 unspecified atom stereocenters. The first-order valence-corrected chi connectivity index (χ1v) is 6.89. The molecule has 0 aliphatic rings. The van der Waals surface area contributed by atoms with Crippen molar-refractivity contribution in [3.05, 3.63) is 48.4 Å². The average molecular weight is 266 g/mol. The van der Waals surface area contributed by atoms with E-state index in [1.54, 1.807) is 37.4 Å². The standard InChI is InChI=1S/C12H14N2O3S/c1-13-11-2-4-12(5-3-11)18(15,16)14-8-10-6-7-17-9-10/h2-7,9,13-14H,8H2,1H3. The van der Waals surface area contributed by atoms with Crippen molar-refractivity contribution in [3.63, 3.8) is 0 Å². The molecule has 5 nitrogen and oxygen atoms in total. The largest absolute Gasteiger partial charge is 0.472 e. The molecular formula is C12H14N2O3S. The lowest BCUT2D eigenvalue weighted by molar-refractivity contribution is 0.561. The molecule has 96 valence electrons. The molecule has 1 heterocycles. The first kappa shape index (κ1) is 12.7. The number of benzene rings is 1. The van der Waals surface area contributed by atoms with Crippen LogP contribution in [0.5, 0.6) is 0 Å². The quantitative estimate of drug-likeness (QED) is 0.865. The predicted molar refractivity (Wildman–Crippen MR) is 68.7 cm³/mol. The van der Waals surface area contributed by atoms with Crippen molar-refractivity contribution in [3.8, 4) is 0 Å². The molecule has 0 bridgehead atoms. The Hall–Kier alpha value is -1.79. The first-order valence-electron chi connectivity index (χ1n) is 5.40. The molecule has 0 amide bonds. The zero-order chi connectivity index (χ0) is 13.0. The number of rotatable bonds is 5. The summed E-state index contributed by atoms with van der Waals surface area (Å²) in [5.74, 6) is 0. The Balaban J connectivity index is 2.09. The van der Waals surface area contributed by atoms with Crippen molar-refractivity contribution in [1.82, 2.24) is 4.72 Å². The third kappa shape index (κ3) is 2.91. The van der Waals surface area contributed by atoms with E-state index in [0.717, 1.165) is 11.3 Å². The minimum Gasteiger partial charge on any atom is -0.472 e. The van der Waals surface area contributed by atoms with E-state index in [1.165, 1.54) is 12.5 Å². The molecule has 0 fully saturated rings. The number of furan rings is 1. The Morgan fingerprint density at radius 3 is 2.44 bits per heavy atom. The summed E-state index contributed by atoms with van der Waals surface area (Å²) in [6.45, 7) is 0.215. The summed E-state index contributed by atoms with van der Waals surface area (Å²) < 4.78 is 31.3. The van der Waals surface area contributed by atoms with E-state index >= 15 is 0 Å². The topological polar surface area (TPSA) is 71.3 Å². The van der Waals surface area contributed by atoms with Gasteiger partial charge < -0.3 is 9.73 Å². The zero-order valence-electron chi connectivity index (χ0n) is 9.88. The highest BCUT2D eigenvalue weighted by Gasteiger charge is 2.13. The van der Waals surface area contributed by atoms with Crippen molar-refractivity contribution in [2.45, 2.75) is 11.4 Å². The molecule has 0 radical (unpaired) electrons. The van der Waals surface area contributed by atoms with Crippen molar-refractivity contribution < 1.29 is 12.8 Å². The van der Waals surface area contributed by atoms with Crippen LogP contribution in [0.25, 0.3) is 0 Å². The van der Waals surface area contributed by atoms with E-state index in [4.69, 9.17) is 4.42 Å². The Morgan fingerprint density at radius 2 is 1.89 bits per heavy atom. The summed E-state index contributed by atoms with van der Waals surface area (Å²) >= 11 is 0. The van der Waals surface area contributed by atoms with Gasteiger partial charge in [-0.3, -0.25) is 0 Å². The maximum atomic E-state index is 12.0. The molecule has 1 aromatic heterocycles. The Kier molecular flexibility index (Phi) is 3.69. The van der Waals surface area contributed by atoms with Crippen LogP contribution in [0.1, 0.15) is 5.56 Å². The van der Waals surface area contributed by atoms with Crippen molar-refractivity contribution >= 4 is 15.7 Å². The van der Waals surface area contributed by atoms with Gasteiger partial charge in [0.1, 0.15) is 0 Å². The third-order valence-corrected chi connectivity index (χ3v) is 3.92. The summed E-state index contributed by atoms with van der Waals surface area (Å²) in [6.07, 6.45) is 3.01. The van der Waals surface area contributed by atoms with E-state index in [-0.39, 0.29) is 11.4 Å². The van der Waals surface area contributed by atoms with Crippen LogP contribution in [0.4, 0.5) is 5.69 Å². The molecule has 18 heavy (non-hydrogen) atoms. The van der Waals surface area contributed by atoms with Gasteiger partial charge in [0.15, 0.2) is 0 Å². The molecule has 0 atom stereocenters. The van der Waals surface area contributed by atoms with Crippen molar-refractivity contribution in [2.24, 2.45) is 0 Å². The van der Waals surface area contributed by atoms with Gasteiger partial charge in [-0.2, -0.15) is 0 Å². The van der Waals surface area contributed by atoms with Gasteiger partial charge >= 0.3 is 0 Å². The molecule has 2 rings (SSSR count). The third-order valence-electron chi connectivity index (χ3n) is 2.50. The van der Waals surface area contributed by atoms with Gasteiger partial charge in [-0.1, -0.05) is 0 Å². The van der Waals surface area contributed by atoms with Crippen molar-refractivity contribution in [2.75, 3.05) is 12.4 Å². The summed E-state index contributed by atoms with van der Waals surface area (Å²) in [7, 11) is -1.70. The minimum absolute atomic E-state index is 0.215. The number of sulfonamides is 1. The number of hydrogen-bond acceptors (Lipinski definition) is 4. The highest BCUT2D eigenvalue weighted by molar-refractivity contribution is 7.89. The summed E-state index contributed by atoms with van der Waals surface area (Å²) in [4.78, 5) is 0.241. The Morgan fingerprint density at radius 1 is 1.17 bits per heavy atom. The highest BCUT2D eigenvalue weighted by Crippen LogP contribution is 2.13. The van der Waals surface area contributed by atoms with Crippen LogP contribution >= 0.6 is 0 Å². The van der Waals surface area contributed by atoms with Gasteiger partial charge in [0.05, 0.1) is 17.4 Å². The average Bonchev–Trinajstić information content (AvgIpc) is 2.90. The predicted octanol–water partition coefficient (Wildman–Crippen LogP) is 1.80. The lowest BCUT2D eigenvalue weighted by Crippen LogP contribution is -2.22. The van der Waals surface area contributed by atoms with E-state index in [2.05, 4.69) is 10.0 Å². The van der Waals surface area contributed by atoms with Crippen LogP contribution in [-0.4, -0.2) is 15.5 Å². The van der Waals surface area contributed by atoms with E-state index in [9.17, 15) is 8.42 Å². The second-order valence-electron chi connectivity index (χ2n) is 3.73. The molecule has 6 heteroatoms. The molecule has 0 aliphatic heterocycles. The molecule has 1 aromatic carbocycles. The van der Waals surface area contributed by atoms with Crippen LogP contribution in [0.2, 0.25) is 0 Å². The number of anilines is 1. The van der Waals surface area contributed by atoms with Crippen LogP contribution < -0.4 is 10.0 Å². The molecule has 0 aliphatic carbocycles. The van der Waals surface area contributed by atoms with Gasteiger partial charge in [0, 0.05) is 24.8 Å². The van der Waals surface area contributed by atoms with Crippen LogP contribution in [0.15, 0.2) is 52.2 Å². The lowest BCUT2D eigenvalue weighted by Gasteiger charge is -2.06. The van der Waals surface area contributed by atoms with E-state index in [1.807, 2.05) is 0 Å². The highest BCUT2D eigenvalue weighted by atomic mass is 32.2. The number of nitrogens with one attached hydrogen (secondary N) is 2. The molecule has 0 spiro atoms. The second kappa shape index (κ2) is 5.24. The second-order valence-corrected chi connectivity index (χ2v) is 5.50. The fourth-order valence-electron chi connectivity index (χ4n) is 1.46. The monoisotopic (exact) mass is 266 g/mol. The Labute approximate surface area is 106 Å². The zero-order valence-corrected chi connectivity index (χ0v) is 10.7. The summed E-state index contributed by atoms with van der Waals surface area (Å²) in [5.41, 5.74) is 1.65. The Bertz CT molecular complexity index is 589. The summed E-state index contributed by atoms with van der Waals surface area (Å²) in [6, 6.07) is 8.26. The normalized spacial score (nSPS) is 11.4. The fourth-order valence-corrected chi connectivity index (χ4v) is 2.47. The smallest absolute Gasteiger partial charge is 0.240 e. The van der Waals surface area contributed by atoms with Gasteiger partial charge in [-0.15, -0.1) is 0 Å². The molecule has 2 aromatic rings. The van der Waals surface area contributed by atoms with E-state index < -0.39 is 10.0 Å². The summed E-state index contributed by atoms with van der Waals surface area (Å²) in [5, 5.41) is 2.93. The fraction of sp³-hybridized carbons (Fsp3) is 0.167. The maximum absolute atomic E-state index is 12.0. The van der Waals surface area contributed by atoms with Gasteiger partial charge in [-0.25, -0.2) is 13.1 Å². The number of hydrogen-bond donors (Lipinski definition) is 2. The van der Waals surface area contributed by atoms with Gasteiger partial charge in [0.2, 0.25) is 10.0 Å². The molecule has 0 saturated carbocycles. The first-order chi connectivity index (χ1) is 8.62. The van der Waals surface area contributed by atoms with Gasteiger partial charge in [-0.05, 0) is 30.3 Å². The lowest BCUT2D eigenvalue weighted by atomic mass is 10.3. The molecular weight excluding hydrogens is 252 g/mol.